The third-order valence-electron chi connectivity index (χ3n) is 6.71. The van der Waals surface area contributed by atoms with Gasteiger partial charge in [0, 0.05) is 18.0 Å². The van der Waals surface area contributed by atoms with Crippen molar-refractivity contribution in [3.63, 3.8) is 0 Å². The van der Waals surface area contributed by atoms with Crippen LogP contribution in [0.4, 0.5) is 4.39 Å². The maximum atomic E-state index is 13.5. The monoisotopic (exact) mass is 428 g/mol. The summed E-state index contributed by atoms with van der Waals surface area (Å²) in [6.45, 7) is 2.94. The van der Waals surface area contributed by atoms with Gasteiger partial charge in [-0.2, -0.15) is 0 Å². The quantitative estimate of drug-likeness (QED) is 0.598. The molecule has 0 spiro atoms. The number of benzene rings is 2. The first-order valence-corrected chi connectivity index (χ1v) is 11.3. The van der Waals surface area contributed by atoms with E-state index in [1.165, 1.54) is 5.56 Å². The number of fused-ring (bicyclic) bond motifs is 1. The van der Waals surface area contributed by atoms with Gasteiger partial charge in [-0.15, -0.1) is 0 Å². The highest BCUT2D eigenvalue weighted by atomic mass is 35.5. The second-order valence-electron chi connectivity index (χ2n) is 8.57. The number of ether oxygens (including phenoxy) is 1. The van der Waals surface area contributed by atoms with Gasteiger partial charge in [-0.05, 0) is 85.3 Å². The Hall–Kier alpha value is -2.04. The second kappa shape index (κ2) is 8.99. The van der Waals surface area contributed by atoms with E-state index in [9.17, 15) is 4.39 Å². The highest BCUT2D eigenvalue weighted by molar-refractivity contribution is 6.32. The Labute approximate surface area is 183 Å². The van der Waals surface area contributed by atoms with Crippen molar-refractivity contribution in [2.45, 2.75) is 69.6 Å². The Balaban J connectivity index is 1.51. The van der Waals surface area contributed by atoms with Crippen LogP contribution in [0, 0.1) is 5.82 Å². The standard InChI is InChI=1S/C25H30ClFN2O/c1-2-3-24(28)25(19-4-6-20(27)7-5-19)11-8-21(9-12-25)30-23-15-17-10-13-29-16-18(17)14-22(23)26/h4-7,10,13-15,21,24,29H,2-3,8-9,11-12,16,28H2,1H3/t21?,24-,25?/m0/s1. The van der Waals surface area contributed by atoms with E-state index in [0.29, 0.717) is 5.02 Å². The molecule has 1 atom stereocenters. The van der Waals surface area contributed by atoms with Crippen molar-refractivity contribution in [1.29, 1.82) is 0 Å². The fourth-order valence-electron chi connectivity index (χ4n) is 4.97. The molecule has 3 nitrogen and oxygen atoms in total. The molecule has 1 fully saturated rings. The third kappa shape index (κ3) is 4.21. The molecule has 0 radical (unpaired) electrons. The summed E-state index contributed by atoms with van der Waals surface area (Å²) in [4.78, 5) is 0. The maximum absolute atomic E-state index is 13.5. The lowest BCUT2D eigenvalue weighted by Crippen LogP contribution is -2.49. The summed E-state index contributed by atoms with van der Waals surface area (Å²) in [6.07, 6.45) is 9.76. The Morgan fingerprint density at radius 3 is 2.67 bits per heavy atom. The van der Waals surface area contributed by atoms with Crippen molar-refractivity contribution in [2.75, 3.05) is 0 Å². The van der Waals surface area contributed by atoms with Gasteiger partial charge in [-0.3, -0.25) is 0 Å². The smallest absolute Gasteiger partial charge is 0.138 e. The van der Waals surface area contributed by atoms with Crippen molar-refractivity contribution < 1.29 is 9.13 Å². The first kappa shape index (κ1) is 21.2. The van der Waals surface area contributed by atoms with E-state index < -0.39 is 0 Å². The molecule has 4 rings (SSSR count). The predicted octanol–water partition coefficient (Wildman–Crippen LogP) is 5.94. The van der Waals surface area contributed by atoms with Gasteiger partial charge >= 0.3 is 0 Å². The van der Waals surface area contributed by atoms with Crippen LogP contribution < -0.4 is 15.8 Å². The van der Waals surface area contributed by atoms with Crippen LogP contribution in [0.1, 0.15) is 62.1 Å². The van der Waals surface area contributed by atoms with Crippen molar-refractivity contribution in [2.24, 2.45) is 5.73 Å². The summed E-state index contributed by atoms with van der Waals surface area (Å²) in [5.41, 5.74) is 10.0. The maximum Gasteiger partial charge on any atom is 0.138 e. The molecule has 2 aromatic carbocycles. The van der Waals surface area contributed by atoms with Gasteiger partial charge in [0.2, 0.25) is 0 Å². The molecule has 1 aliphatic heterocycles. The summed E-state index contributed by atoms with van der Waals surface area (Å²) in [7, 11) is 0. The van der Waals surface area contributed by atoms with Crippen molar-refractivity contribution in [3.05, 3.63) is 70.1 Å². The van der Waals surface area contributed by atoms with Crippen LogP contribution in [-0.4, -0.2) is 12.1 Å². The molecule has 2 aliphatic rings. The SMILES string of the molecule is CCC[C@H](N)C1(c2ccc(F)cc2)CCC(Oc2cc3c(cc2Cl)CNC=C3)CC1. The topological polar surface area (TPSA) is 47.3 Å². The minimum absolute atomic E-state index is 0.0545. The fourth-order valence-corrected chi connectivity index (χ4v) is 5.20. The lowest BCUT2D eigenvalue weighted by atomic mass is 9.63. The van der Waals surface area contributed by atoms with Crippen molar-refractivity contribution in [3.8, 4) is 5.75 Å². The van der Waals surface area contributed by atoms with Crippen LogP contribution in [0.5, 0.6) is 5.75 Å². The highest BCUT2D eigenvalue weighted by Crippen LogP contribution is 2.44. The molecule has 1 aliphatic carbocycles. The van der Waals surface area contributed by atoms with E-state index in [1.54, 1.807) is 12.1 Å². The molecule has 1 saturated carbocycles. The fraction of sp³-hybridized carbons (Fsp3) is 0.440. The van der Waals surface area contributed by atoms with Crippen LogP contribution >= 0.6 is 11.6 Å². The molecule has 0 bridgehead atoms. The zero-order valence-corrected chi connectivity index (χ0v) is 18.2. The number of halogens is 2. The van der Waals surface area contributed by atoms with Gasteiger partial charge in [0.25, 0.3) is 0 Å². The van der Waals surface area contributed by atoms with Crippen LogP contribution in [0.25, 0.3) is 6.08 Å². The summed E-state index contributed by atoms with van der Waals surface area (Å²) < 4.78 is 19.9. The van der Waals surface area contributed by atoms with E-state index >= 15 is 0 Å². The number of nitrogens with two attached hydrogens (primary N) is 1. The van der Waals surface area contributed by atoms with Crippen LogP contribution in [0.15, 0.2) is 42.6 Å². The Morgan fingerprint density at radius 1 is 1.23 bits per heavy atom. The molecule has 0 aromatic heterocycles. The number of nitrogens with one attached hydrogen (secondary N) is 1. The summed E-state index contributed by atoms with van der Waals surface area (Å²) in [5.74, 6) is 0.542. The molecule has 30 heavy (non-hydrogen) atoms. The van der Waals surface area contributed by atoms with E-state index in [-0.39, 0.29) is 23.4 Å². The van der Waals surface area contributed by atoms with E-state index in [1.807, 2.05) is 36.5 Å². The minimum atomic E-state index is -0.207. The van der Waals surface area contributed by atoms with Gasteiger partial charge in [-0.25, -0.2) is 4.39 Å². The summed E-state index contributed by atoms with van der Waals surface area (Å²) in [5, 5.41) is 3.86. The normalized spacial score (nSPS) is 24.1. The highest BCUT2D eigenvalue weighted by Gasteiger charge is 2.42. The lowest BCUT2D eigenvalue weighted by molar-refractivity contribution is 0.102. The van der Waals surface area contributed by atoms with Gasteiger partial charge in [0.1, 0.15) is 11.6 Å². The molecule has 3 N–H and O–H groups in total. The Bertz CT molecular complexity index is 904. The zero-order valence-electron chi connectivity index (χ0n) is 17.5. The van der Waals surface area contributed by atoms with E-state index in [4.69, 9.17) is 22.1 Å². The van der Waals surface area contributed by atoms with Gasteiger partial charge in [-0.1, -0.05) is 37.1 Å². The molecular formula is C25H30ClFN2O. The number of hydrogen-bond donors (Lipinski definition) is 2. The van der Waals surface area contributed by atoms with E-state index in [0.717, 1.165) is 61.9 Å². The molecule has 2 aromatic rings. The third-order valence-corrected chi connectivity index (χ3v) is 7.01. The van der Waals surface area contributed by atoms with Crippen molar-refractivity contribution >= 4 is 17.7 Å². The molecular weight excluding hydrogens is 399 g/mol. The van der Waals surface area contributed by atoms with Gasteiger partial charge in [0.15, 0.2) is 0 Å². The van der Waals surface area contributed by atoms with Crippen LogP contribution in [0.3, 0.4) is 0 Å². The lowest BCUT2D eigenvalue weighted by Gasteiger charge is -2.45. The largest absolute Gasteiger partial charge is 0.489 e. The molecule has 0 unspecified atom stereocenters. The number of rotatable bonds is 6. The summed E-state index contributed by atoms with van der Waals surface area (Å²) >= 11 is 6.51. The average Bonchev–Trinajstić information content (AvgIpc) is 2.75. The first-order chi connectivity index (χ1) is 14.5. The Morgan fingerprint density at radius 2 is 1.97 bits per heavy atom. The Kier molecular flexibility index (Phi) is 6.35. The average molecular weight is 429 g/mol. The van der Waals surface area contributed by atoms with Crippen molar-refractivity contribution in [1.82, 2.24) is 5.32 Å². The van der Waals surface area contributed by atoms with Gasteiger partial charge < -0.3 is 15.8 Å². The van der Waals surface area contributed by atoms with Gasteiger partial charge in [0.05, 0.1) is 11.1 Å². The zero-order chi connectivity index (χ0) is 21.1. The number of hydrogen-bond acceptors (Lipinski definition) is 3. The molecule has 1 heterocycles. The van der Waals surface area contributed by atoms with Crippen LogP contribution in [-0.2, 0) is 12.0 Å². The molecule has 0 saturated heterocycles. The second-order valence-corrected chi connectivity index (χ2v) is 8.98. The molecule has 0 amide bonds. The predicted molar refractivity (Wildman–Crippen MR) is 121 cm³/mol. The van der Waals surface area contributed by atoms with Crippen LogP contribution in [0.2, 0.25) is 5.02 Å². The molecule has 5 heteroatoms. The van der Waals surface area contributed by atoms with E-state index in [2.05, 4.69) is 12.2 Å². The molecule has 160 valence electrons. The first-order valence-electron chi connectivity index (χ1n) is 10.9. The minimum Gasteiger partial charge on any atom is -0.489 e. The summed E-state index contributed by atoms with van der Waals surface area (Å²) in [6, 6.07) is 11.0.